The van der Waals surface area contributed by atoms with E-state index in [1.807, 2.05) is 11.0 Å². The Kier molecular flexibility index (Phi) is 3.85. The average molecular weight is 304 g/mol. The van der Waals surface area contributed by atoms with Crippen LogP contribution in [0.25, 0.3) is 0 Å². The predicted octanol–water partition coefficient (Wildman–Crippen LogP) is 0.987. The maximum absolute atomic E-state index is 12.5. The average Bonchev–Trinajstić information content (AvgIpc) is 2.57. The first-order chi connectivity index (χ1) is 10.2. The molecule has 1 saturated heterocycles. The Bertz CT molecular complexity index is 683. The van der Waals surface area contributed by atoms with Crippen LogP contribution < -0.4 is 4.90 Å². The molecule has 21 heavy (non-hydrogen) atoms. The van der Waals surface area contributed by atoms with Gasteiger partial charge in [0.05, 0.1) is 11.1 Å². The number of nitrogens with zero attached hydrogens (tertiary/aromatic N) is 4. The van der Waals surface area contributed by atoms with E-state index in [1.54, 1.807) is 42.9 Å². The lowest BCUT2D eigenvalue weighted by molar-refractivity contribution is 0.383. The van der Waals surface area contributed by atoms with E-state index in [9.17, 15) is 8.42 Å². The third-order valence-electron chi connectivity index (χ3n) is 3.49. The standard InChI is InChI=1S/C14H16N4O2S/c19-21(20,13-4-2-1-3-5-13)18-10-8-17(9-11-18)14-12-15-6-7-16-14/h1-7,12H,8-11H2. The Labute approximate surface area is 124 Å². The van der Waals surface area contributed by atoms with Gasteiger partial charge in [0.1, 0.15) is 5.82 Å². The highest BCUT2D eigenvalue weighted by Crippen LogP contribution is 2.19. The van der Waals surface area contributed by atoms with Gasteiger partial charge in [-0.1, -0.05) is 18.2 Å². The first-order valence-electron chi connectivity index (χ1n) is 6.74. The van der Waals surface area contributed by atoms with Crippen LogP contribution in [0.2, 0.25) is 0 Å². The van der Waals surface area contributed by atoms with E-state index in [2.05, 4.69) is 9.97 Å². The molecule has 2 aromatic rings. The van der Waals surface area contributed by atoms with Crippen LogP contribution in [0.5, 0.6) is 0 Å². The molecule has 1 fully saturated rings. The molecular weight excluding hydrogens is 288 g/mol. The molecule has 1 aliphatic rings. The van der Waals surface area contributed by atoms with E-state index in [0.717, 1.165) is 5.82 Å². The third kappa shape index (κ3) is 2.88. The number of aromatic nitrogens is 2. The molecule has 3 rings (SSSR count). The highest BCUT2D eigenvalue weighted by atomic mass is 32.2. The molecule has 0 saturated carbocycles. The lowest BCUT2D eigenvalue weighted by Crippen LogP contribution is -2.48. The first-order valence-corrected chi connectivity index (χ1v) is 8.18. The van der Waals surface area contributed by atoms with Crippen molar-refractivity contribution in [3.8, 4) is 0 Å². The molecule has 0 aliphatic carbocycles. The molecule has 6 nitrogen and oxygen atoms in total. The van der Waals surface area contributed by atoms with Gasteiger partial charge < -0.3 is 4.90 Å². The second kappa shape index (κ2) is 5.79. The number of rotatable bonds is 3. The Balaban J connectivity index is 1.72. The van der Waals surface area contributed by atoms with Crippen molar-refractivity contribution < 1.29 is 8.42 Å². The van der Waals surface area contributed by atoms with Crippen molar-refractivity contribution in [2.75, 3.05) is 31.1 Å². The van der Waals surface area contributed by atoms with Crippen molar-refractivity contribution in [3.05, 3.63) is 48.9 Å². The van der Waals surface area contributed by atoms with Gasteiger partial charge in [-0.3, -0.25) is 4.98 Å². The lowest BCUT2D eigenvalue weighted by Gasteiger charge is -2.34. The Morgan fingerprint density at radius 1 is 0.952 bits per heavy atom. The number of benzene rings is 1. The van der Waals surface area contributed by atoms with E-state index in [-0.39, 0.29) is 0 Å². The van der Waals surface area contributed by atoms with Gasteiger partial charge in [-0.15, -0.1) is 0 Å². The fourth-order valence-electron chi connectivity index (χ4n) is 2.35. The minimum Gasteiger partial charge on any atom is -0.353 e. The fourth-order valence-corrected chi connectivity index (χ4v) is 3.80. The first kappa shape index (κ1) is 14.0. The molecule has 1 aliphatic heterocycles. The summed E-state index contributed by atoms with van der Waals surface area (Å²) < 4.78 is 26.5. The minimum absolute atomic E-state index is 0.345. The zero-order chi connectivity index (χ0) is 14.7. The van der Waals surface area contributed by atoms with Crippen molar-refractivity contribution in [1.29, 1.82) is 0 Å². The summed E-state index contributed by atoms with van der Waals surface area (Å²) in [6, 6.07) is 8.55. The maximum Gasteiger partial charge on any atom is 0.243 e. The van der Waals surface area contributed by atoms with Crippen molar-refractivity contribution in [2.45, 2.75) is 4.90 Å². The molecule has 110 valence electrons. The number of hydrogen-bond donors (Lipinski definition) is 0. The Hall–Kier alpha value is -1.99. The van der Waals surface area contributed by atoms with Gasteiger partial charge in [0.2, 0.25) is 10.0 Å². The van der Waals surface area contributed by atoms with Crippen LogP contribution >= 0.6 is 0 Å². The van der Waals surface area contributed by atoms with Crippen molar-refractivity contribution in [1.82, 2.24) is 14.3 Å². The van der Waals surface area contributed by atoms with Crippen LogP contribution in [0, 0.1) is 0 Å². The third-order valence-corrected chi connectivity index (χ3v) is 5.41. The molecule has 0 unspecified atom stereocenters. The van der Waals surface area contributed by atoms with E-state index in [0.29, 0.717) is 31.1 Å². The minimum atomic E-state index is -3.40. The van der Waals surface area contributed by atoms with Crippen LogP contribution in [-0.2, 0) is 10.0 Å². The van der Waals surface area contributed by atoms with Gasteiger partial charge in [0.15, 0.2) is 0 Å². The van der Waals surface area contributed by atoms with E-state index < -0.39 is 10.0 Å². The van der Waals surface area contributed by atoms with Crippen molar-refractivity contribution >= 4 is 15.8 Å². The van der Waals surface area contributed by atoms with Gasteiger partial charge in [-0.25, -0.2) is 13.4 Å². The van der Waals surface area contributed by atoms with Gasteiger partial charge in [0, 0.05) is 38.6 Å². The summed E-state index contributed by atoms with van der Waals surface area (Å²) in [7, 11) is -3.40. The second-order valence-corrected chi connectivity index (χ2v) is 6.71. The summed E-state index contributed by atoms with van der Waals surface area (Å²) in [4.78, 5) is 10.7. The van der Waals surface area contributed by atoms with E-state index in [1.165, 1.54) is 4.31 Å². The number of sulfonamides is 1. The van der Waals surface area contributed by atoms with Gasteiger partial charge in [-0.05, 0) is 12.1 Å². The van der Waals surface area contributed by atoms with Gasteiger partial charge in [0.25, 0.3) is 0 Å². The summed E-state index contributed by atoms with van der Waals surface area (Å²) in [5, 5.41) is 0. The monoisotopic (exact) mass is 304 g/mol. The van der Waals surface area contributed by atoms with Gasteiger partial charge in [-0.2, -0.15) is 4.31 Å². The summed E-state index contributed by atoms with van der Waals surface area (Å²) >= 11 is 0. The zero-order valence-corrected chi connectivity index (χ0v) is 12.3. The van der Waals surface area contributed by atoms with Crippen LogP contribution in [-0.4, -0.2) is 48.9 Å². The van der Waals surface area contributed by atoms with Crippen LogP contribution in [0.1, 0.15) is 0 Å². The highest BCUT2D eigenvalue weighted by molar-refractivity contribution is 7.89. The van der Waals surface area contributed by atoms with Crippen molar-refractivity contribution in [2.24, 2.45) is 0 Å². The van der Waals surface area contributed by atoms with Gasteiger partial charge >= 0.3 is 0 Å². The van der Waals surface area contributed by atoms with Crippen LogP contribution in [0.15, 0.2) is 53.8 Å². The van der Waals surface area contributed by atoms with Crippen molar-refractivity contribution in [3.63, 3.8) is 0 Å². The second-order valence-electron chi connectivity index (χ2n) is 4.77. The molecule has 7 heteroatoms. The Morgan fingerprint density at radius 3 is 2.29 bits per heavy atom. The Morgan fingerprint density at radius 2 is 1.67 bits per heavy atom. The normalized spacial score (nSPS) is 16.9. The highest BCUT2D eigenvalue weighted by Gasteiger charge is 2.28. The van der Waals surface area contributed by atoms with Crippen LogP contribution in [0.4, 0.5) is 5.82 Å². The molecule has 0 atom stereocenters. The summed E-state index contributed by atoms with van der Waals surface area (Å²) in [6.45, 7) is 2.14. The fraction of sp³-hybridized carbons (Fsp3) is 0.286. The molecule has 0 radical (unpaired) electrons. The summed E-state index contributed by atoms with van der Waals surface area (Å²) in [6.07, 6.45) is 4.96. The molecule has 0 bridgehead atoms. The number of hydrogen-bond acceptors (Lipinski definition) is 5. The van der Waals surface area contributed by atoms with Crippen LogP contribution in [0.3, 0.4) is 0 Å². The zero-order valence-electron chi connectivity index (χ0n) is 11.5. The summed E-state index contributed by atoms with van der Waals surface area (Å²) in [5.41, 5.74) is 0. The number of piperazine rings is 1. The number of anilines is 1. The lowest BCUT2D eigenvalue weighted by atomic mass is 10.3. The largest absolute Gasteiger partial charge is 0.353 e. The molecule has 0 amide bonds. The molecule has 2 heterocycles. The molecule has 1 aromatic heterocycles. The quantitative estimate of drug-likeness (QED) is 0.846. The molecule has 0 spiro atoms. The molecular formula is C14H16N4O2S. The van der Waals surface area contributed by atoms with E-state index in [4.69, 9.17) is 0 Å². The predicted molar refractivity (Wildman–Crippen MR) is 79.4 cm³/mol. The van der Waals surface area contributed by atoms with E-state index >= 15 is 0 Å². The molecule has 0 N–H and O–H groups in total. The summed E-state index contributed by atoms with van der Waals surface area (Å²) in [5.74, 6) is 0.786. The topological polar surface area (TPSA) is 66.4 Å². The molecule has 1 aromatic carbocycles. The maximum atomic E-state index is 12.5. The SMILES string of the molecule is O=S(=O)(c1ccccc1)N1CCN(c2cnccn2)CC1. The smallest absolute Gasteiger partial charge is 0.243 e.